The number of carbonyl (C=O) groups is 1. The van der Waals surface area contributed by atoms with Crippen molar-refractivity contribution in [1.29, 1.82) is 0 Å². The van der Waals surface area contributed by atoms with Crippen molar-refractivity contribution in [3.8, 4) is 5.69 Å². The Morgan fingerprint density at radius 3 is 2.71 bits per heavy atom. The number of benzene rings is 1. The lowest BCUT2D eigenvalue weighted by atomic mass is 10.3. The van der Waals surface area contributed by atoms with Gasteiger partial charge in [-0.25, -0.2) is 4.68 Å². The highest BCUT2D eigenvalue weighted by atomic mass is 16.2. The van der Waals surface area contributed by atoms with Gasteiger partial charge in [0.15, 0.2) is 5.82 Å². The SMILES string of the molecule is O=C(Nc1ccn(-c2ccccc2)n1)C1CC1. The van der Waals surface area contributed by atoms with Crippen molar-refractivity contribution in [1.82, 2.24) is 9.78 Å². The summed E-state index contributed by atoms with van der Waals surface area (Å²) < 4.78 is 1.75. The molecule has 3 rings (SSSR count). The van der Waals surface area contributed by atoms with Crippen molar-refractivity contribution >= 4 is 11.7 Å². The molecule has 1 heterocycles. The standard InChI is InChI=1S/C13H13N3O/c17-13(10-6-7-10)14-12-8-9-16(15-12)11-4-2-1-3-5-11/h1-5,8-10H,6-7H2,(H,14,15,17). The van der Waals surface area contributed by atoms with Crippen LogP contribution >= 0.6 is 0 Å². The molecular formula is C13H13N3O. The summed E-state index contributed by atoms with van der Waals surface area (Å²) in [6.45, 7) is 0. The predicted molar refractivity (Wildman–Crippen MR) is 64.9 cm³/mol. The molecule has 86 valence electrons. The maximum Gasteiger partial charge on any atom is 0.228 e. The number of hydrogen-bond acceptors (Lipinski definition) is 2. The molecule has 17 heavy (non-hydrogen) atoms. The second-order valence-electron chi connectivity index (χ2n) is 4.24. The van der Waals surface area contributed by atoms with Crippen molar-refractivity contribution in [3.63, 3.8) is 0 Å². The van der Waals surface area contributed by atoms with E-state index in [-0.39, 0.29) is 11.8 Å². The third kappa shape index (κ3) is 2.20. The summed E-state index contributed by atoms with van der Waals surface area (Å²) in [6, 6.07) is 11.6. The van der Waals surface area contributed by atoms with Crippen molar-refractivity contribution in [2.24, 2.45) is 5.92 Å². The second-order valence-corrected chi connectivity index (χ2v) is 4.24. The highest BCUT2D eigenvalue weighted by Crippen LogP contribution is 2.29. The van der Waals surface area contributed by atoms with E-state index < -0.39 is 0 Å². The Morgan fingerprint density at radius 2 is 2.00 bits per heavy atom. The van der Waals surface area contributed by atoms with Gasteiger partial charge in [0.25, 0.3) is 0 Å². The maximum absolute atomic E-state index is 11.6. The van der Waals surface area contributed by atoms with Crippen molar-refractivity contribution in [2.75, 3.05) is 5.32 Å². The first-order valence-corrected chi connectivity index (χ1v) is 5.75. The van der Waals surface area contributed by atoms with Gasteiger partial charge in [-0.3, -0.25) is 4.79 Å². The van der Waals surface area contributed by atoms with Crippen molar-refractivity contribution < 1.29 is 4.79 Å². The summed E-state index contributed by atoms with van der Waals surface area (Å²) in [5.74, 6) is 0.908. The van der Waals surface area contributed by atoms with Gasteiger partial charge in [-0.15, -0.1) is 0 Å². The van der Waals surface area contributed by atoms with E-state index in [1.54, 1.807) is 4.68 Å². The molecule has 0 saturated heterocycles. The number of nitrogens with one attached hydrogen (secondary N) is 1. The van der Waals surface area contributed by atoms with Gasteiger partial charge >= 0.3 is 0 Å². The molecule has 1 aliphatic carbocycles. The molecule has 1 N–H and O–H groups in total. The van der Waals surface area contributed by atoms with Gasteiger partial charge in [0, 0.05) is 18.2 Å². The van der Waals surface area contributed by atoms with Gasteiger partial charge in [-0.2, -0.15) is 5.10 Å². The van der Waals surface area contributed by atoms with Gasteiger partial charge < -0.3 is 5.32 Å². The molecule has 0 aliphatic heterocycles. The minimum absolute atomic E-state index is 0.0864. The van der Waals surface area contributed by atoms with Crippen LogP contribution < -0.4 is 5.32 Å². The van der Waals surface area contributed by atoms with E-state index in [0.29, 0.717) is 5.82 Å². The molecule has 1 amide bonds. The average molecular weight is 227 g/mol. The zero-order chi connectivity index (χ0) is 11.7. The molecule has 2 aromatic rings. The fraction of sp³-hybridized carbons (Fsp3) is 0.231. The smallest absolute Gasteiger partial charge is 0.228 e. The van der Waals surface area contributed by atoms with E-state index in [9.17, 15) is 4.79 Å². The number of hydrogen-bond donors (Lipinski definition) is 1. The van der Waals surface area contributed by atoms with Crippen LogP contribution in [0, 0.1) is 5.92 Å². The molecule has 0 bridgehead atoms. The van der Waals surface area contributed by atoms with E-state index in [1.807, 2.05) is 42.6 Å². The summed E-state index contributed by atoms with van der Waals surface area (Å²) in [4.78, 5) is 11.6. The molecule has 1 aromatic carbocycles. The Labute approximate surface area is 99.3 Å². The van der Waals surface area contributed by atoms with Crippen molar-refractivity contribution in [2.45, 2.75) is 12.8 Å². The molecule has 4 heteroatoms. The lowest BCUT2D eigenvalue weighted by molar-refractivity contribution is -0.117. The van der Waals surface area contributed by atoms with Crippen LogP contribution in [0.4, 0.5) is 5.82 Å². The molecule has 0 spiro atoms. The molecule has 0 radical (unpaired) electrons. The Morgan fingerprint density at radius 1 is 1.24 bits per heavy atom. The average Bonchev–Trinajstić information content (AvgIpc) is 3.12. The molecule has 1 saturated carbocycles. The first kappa shape index (κ1) is 10.1. The lowest BCUT2D eigenvalue weighted by Crippen LogP contribution is -2.13. The molecule has 1 fully saturated rings. The minimum Gasteiger partial charge on any atom is -0.309 e. The van der Waals surface area contributed by atoms with E-state index in [0.717, 1.165) is 18.5 Å². The summed E-state index contributed by atoms with van der Waals surface area (Å²) in [5.41, 5.74) is 0.986. The van der Waals surface area contributed by atoms with Crippen LogP contribution in [0.15, 0.2) is 42.6 Å². The van der Waals surface area contributed by atoms with Crippen LogP contribution in [-0.2, 0) is 4.79 Å². The molecule has 4 nitrogen and oxygen atoms in total. The third-order valence-corrected chi connectivity index (χ3v) is 2.81. The number of rotatable bonds is 3. The topological polar surface area (TPSA) is 46.9 Å². The van der Waals surface area contributed by atoms with Gasteiger partial charge in [0.1, 0.15) is 0 Å². The van der Waals surface area contributed by atoms with Gasteiger partial charge in [-0.1, -0.05) is 18.2 Å². The molecular weight excluding hydrogens is 214 g/mol. The van der Waals surface area contributed by atoms with Gasteiger partial charge in [-0.05, 0) is 25.0 Å². The zero-order valence-electron chi connectivity index (χ0n) is 9.34. The van der Waals surface area contributed by atoms with Crippen LogP contribution in [0.25, 0.3) is 5.69 Å². The summed E-state index contributed by atoms with van der Waals surface area (Å²) in [6.07, 6.45) is 3.86. The number of para-hydroxylation sites is 1. The summed E-state index contributed by atoms with van der Waals surface area (Å²) in [7, 11) is 0. The van der Waals surface area contributed by atoms with E-state index in [2.05, 4.69) is 10.4 Å². The van der Waals surface area contributed by atoms with E-state index in [1.165, 1.54) is 0 Å². The Kier molecular flexibility index (Phi) is 2.40. The summed E-state index contributed by atoms with van der Waals surface area (Å²) in [5, 5.41) is 7.14. The molecule has 0 unspecified atom stereocenters. The fourth-order valence-corrected chi connectivity index (χ4v) is 1.69. The monoisotopic (exact) mass is 227 g/mol. The first-order chi connectivity index (χ1) is 8.33. The normalized spacial score (nSPS) is 14.6. The molecule has 1 aromatic heterocycles. The minimum atomic E-state index is 0.0864. The Bertz CT molecular complexity index is 529. The number of carbonyl (C=O) groups excluding carboxylic acids is 1. The van der Waals surface area contributed by atoms with E-state index in [4.69, 9.17) is 0 Å². The maximum atomic E-state index is 11.6. The zero-order valence-corrected chi connectivity index (χ0v) is 9.34. The van der Waals surface area contributed by atoms with Crippen LogP contribution in [0.2, 0.25) is 0 Å². The van der Waals surface area contributed by atoms with Crippen LogP contribution in [0.1, 0.15) is 12.8 Å². The molecule has 1 aliphatic rings. The van der Waals surface area contributed by atoms with Gasteiger partial charge in [0.05, 0.1) is 5.69 Å². The second kappa shape index (κ2) is 4.05. The van der Waals surface area contributed by atoms with Gasteiger partial charge in [0.2, 0.25) is 5.91 Å². The Balaban J connectivity index is 1.76. The Hall–Kier alpha value is -2.10. The number of nitrogens with zero attached hydrogens (tertiary/aromatic N) is 2. The summed E-state index contributed by atoms with van der Waals surface area (Å²) >= 11 is 0. The van der Waals surface area contributed by atoms with Crippen LogP contribution in [-0.4, -0.2) is 15.7 Å². The third-order valence-electron chi connectivity index (χ3n) is 2.81. The van der Waals surface area contributed by atoms with Crippen LogP contribution in [0.5, 0.6) is 0 Å². The quantitative estimate of drug-likeness (QED) is 0.874. The van der Waals surface area contributed by atoms with Crippen molar-refractivity contribution in [3.05, 3.63) is 42.6 Å². The highest BCUT2D eigenvalue weighted by molar-refractivity contribution is 5.93. The molecule has 0 atom stereocenters. The predicted octanol–water partition coefficient (Wildman–Crippen LogP) is 2.22. The largest absolute Gasteiger partial charge is 0.309 e. The number of amides is 1. The van der Waals surface area contributed by atoms with E-state index >= 15 is 0 Å². The number of anilines is 1. The first-order valence-electron chi connectivity index (χ1n) is 5.75. The fourth-order valence-electron chi connectivity index (χ4n) is 1.69. The number of aromatic nitrogens is 2. The highest BCUT2D eigenvalue weighted by Gasteiger charge is 2.29. The van der Waals surface area contributed by atoms with Crippen LogP contribution in [0.3, 0.4) is 0 Å². The lowest BCUT2D eigenvalue weighted by Gasteiger charge is -2.01.